The van der Waals surface area contributed by atoms with Gasteiger partial charge < -0.3 is 9.84 Å². The third-order valence-corrected chi connectivity index (χ3v) is 4.65. The maximum atomic E-state index is 10.9. The largest absolute Gasteiger partial charge is 0.481 e. The number of nitrogens with zero attached hydrogens (tertiary/aromatic N) is 2. The minimum absolute atomic E-state index is 0.0473. The van der Waals surface area contributed by atoms with Crippen molar-refractivity contribution in [2.24, 2.45) is 0 Å². The van der Waals surface area contributed by atoms with Gasteiger partial charge in [0.05, 0.1) is 30.2 Å². The molecular formula is C14H17N3O3S. The molecule has 3 rings (SSSR count). The average Bonchev–Trinajstić information content (AvgIpc) is 3.11. The van der Waals surface area contributed by atoms with Crippen LogP contribution in [0.25, 0.3) is 10.6 Å². The molecule has 0 bridgehead atoms. The summed E-state index contributed by atoms with van der Waals surface area (Å²) < 4.78 is 5.40. The van der Waals surface area contributed by atoms with Gasteiger partial charge in [0.15, 0.2) is 0 Å². The Kier molecular flexibility index (Phi) is 4.33. The van der Waals surface area contributed by atoms with Crippen LogP contribution in [0.1, 0.15) is 11.3 Å². The zero-order chi connectivity index (χ0) is 14.7. The van der Waals surface area contributed by atoms with E-state index in [-0.39, 0.29) is 12.5 Å². The molecule has 0 amide bonds. The van der Waals surface area contributed by atoms with Gasteiger partial charge >= 0.3 is 5.97 Å². The van der Waals surface area contributed by atoms with Gasteiger partial charge in [-0.2, -0.15) is 5.10 Å². The maximum absolute atomic E-state index is 10.9. The first-order chi connectivity index (χ1) is 10.2. The van der Waals surface area contributed by atoms with Crippen LogP contribution >= 0.6 is 11.3 Å². The molecule has 3 heterocycles. The number of carbonyl (C=O) groups is 1. The molecule has 112 valence electrons. The van der Waals surface area contributed by atoms with Crippen molar-refractivity contribution in [3.8, 4) is 10.6 Å². The van der Waals surface area contributed by atoms with Crippen molar-refractivity contribution in [2.75, 3.05) is 19.8 Å². The van der Waals surface area contributed by atoms with E-state index in [0.717, 1.165) is 23.7 Å². The molecular weight excluding hydrogens is 290 g/mol. The summed E-state index contributed by atoms with van der Waals surface area (Å²) in [6, 6.07) is 6.06. The summed E-state index contributed by atoms with van der Waals surface area (Å²) in [5.74, 6) is -0.778. The summed E-state index contributed by atoms with van der Waals surface area (Å²) in [5.41, 5.74) is 1.01. The van der Waals surface area contributed by atoms with E-state index in [2.05, 4.69) is 27.2 Å². The standard InChI is InChI=1S/C14H17N3O3S/c18-14(19)7-10-9-20-6-5-17(10)8-11-1-2-13(21-11)12-3-4-15-16-12/h1-4,10H,5-9H2,(H,15,16)(H,18,19). The van der Waals surface area contributed by atoms with Crippen molar-refractivity contribution in [3.63, 3.8) is 0 Å². The van der Waals surface area contributed by atoms with Crippen LogP contribution < -0.4 is 0 Å². The number of H-pyrrole nitrogens is 1. The third kappa shape index (κ3) is 3.49. The zero-order valence-corrected chi connectivity index (χ0v) is 12.3. The smallest absolute Gasteiger partial charge is 0.305 e. The zero-order valence-electron chi connectivity index (χ0n) is 11.5. The highest BCUT2D eigenvalue weighted by Crippen LogP contribution is 2.28. The minimum Gasteiger partial charge on any atom is -0.481 e. The molecule has 1 atom stereocenters. The van der Waals surface area contributed by atoms with Gasteiger partial charge in [-0.05, 0) is 18.2 Å². The van der Waals surface area contributed by atoms with Gasteiger partial charge in [0.1, 0.15) is 0 Å². The Morgan fingerprint density at radius 1 is 1.52 bits per heavy atom. The number of nitrogens with one attached hydrogen (secondary N) is 1. The predicted molar refractivity (Wildman–Crippen MR) is 79.2 cm³/mol. The molecule has 1 fully saturated rings. The number of aromatic nitrogens is 2. The quantitative estimate of drug-likeness (QED) is 0.881. The van der Waals surface area contributed by atoms with Crippen LogP contribution in [-0.4, -0.2) is 52.0 Å². The minimum atomic E-state index is -0.778. The van der Waals surface area contributed by atoms with Gasteiger partial charge in [-0.15, -0.1) is 11.3 Å². The van der Waals surface area contributed by atoms with Crippen LogP contribution in [0.3, 0.4) is 0 Å². The lowest BCUT2D eigenvalue weighted by Gasteiger charge is -2.34. The molecule has 2 N–H and O–H groups in total. The van der Waals surface area contributed by atoms with E-state index in [0.29, 0.717) is 13.2 Å². The molecule has 0 aliphatic carbocycles. The van der Waals surface area contributed by atoms with E-state index >= 15 is 0 Å². The molecule has 0 aromatic carbocycles. The van der Waals surface area contributed by atoms with Crippen molar-refractivity contribution in [1.29, 1.82) is 0 Å². The van der Waals surface area contributed by atoms with Crippen LogP contribution in [0.2, 0.25) is 0 Å². The number of hydrogen-bond donors (Lipinski definition) is 2. The van der Waals surface area contributed by atoms with Crippen LogP contribution in [-0.2, 0) is 16.1 Å². The Morgan fingerprint density at radius 3 is 3.19 bits per heavy atom. The number of carboxylic acid groups (broad SMARTS) is 1. The van der Waals surface area contributed by atoms with E-state index in [1.165, 1.54) is 4.88 Å². The second-order valence-electron chi connectivity index (χ2n) is 5.03. The van der Waals surface area contributed by atoms with Crippen LogP contribution in [0, 0.1) is 0 Å². The number of aliphatic carboxylic acids is 1. The number of hydrogen-bond acceptors (Lipinski definition) is 5. The summed E-state index contributed by atoms with van der Waals surface area (Å²) in [6.45, 7) is 2.69. The molecule has 7 heteroatoms. The Hall–Kier alpha value is -1.70. The molecule has 0 spiro atoms. The molecule has 2 aromatic heterocycles. The molecule has 0 saturated carbocycles. The van der Waals surface area contributed by atoms with Gasteiger partial charge in [0.2, 0.25) is 0 Å². The van der Waals surface area contributed by atoms with Crippen molar-refractivity contribution >= 4 is 17.3 Å². The normalized spacial score (nSPS) is 19.7. The first-order valence-electron chi connectivity index (χ1n) is 6.84. The highest BCUT2D eigenvalue weighted by Gasteiger charge is 2.25. The van der Waals surface area contributed by atoms with Gasteiger partial charge in [0, 0.05) is 30.2 Å². The third-order valence-electron chi connectivity index (χ3n) is 3.55. The second kappa shape index (κ2) is 6.38. The van der Waals surface area contributed by atoms with E-state index in [1.54, 1.807) is 17.5 Å². The summed E-state index contributed by atoms with van der Waals surface area (Å²) in [4.78, 5) is 15.5. The molecule has 1 saturated heterocycles. The van der Waals surface area contributed by atoms with Crippen molar-refractivity contribution in [2.45, 2.75) is 19.0 Å². The first kappa shape index (κ1) is 14.2. The van der Waals surface area contributed by atoms with Crippen molar-refractivity contribution < 1.29 is 14.6 Å². The number of carboxylic acids is 1. The Balaban J connectivity index is 1.68. The number of ether oxygens (including phenoxy) is 1. The van der Waals surface area contributed by atoms with Crippen LogP contribution in [0.4, 0.5) is 0 Å². The van der Waals surface area contributed by atoms with Gasteiger partial charge in [-0.1, -0.05) is 0 Å². The first-order valence-corrected chi connectivity index (χ1v) is 7.66. The number of morpholine rings is 1. The summed E-state index contributed by atoms with van der Waals surface area (Å²) in [6.07, 6.45) is 1.86. The Bertz CT molecular complexity index is 596. The highest BCUT2D eigenvalue weighted by atomic mass is 32.1. The molecule has 1 aliphatic heterocycles. The summed E-state index contributed by atoms with van der Waals surface area (Å²) >= 11 is 1.70. The summed E-state index contributed by atoms with van der Waals surface area (Å²) in [5, 5.41) is 15.9. The van der Waals surface area contributed by atoms with Crippen molar-refractivity contribution in [3.05, 3.63) is 29.3 Å². The van der Waals surface area contributed by atoms with Crippen LogP contribution in [0.15, 0.2) is 24.4 Å². The van der Waals surface area contributed by atoms with Crippen molar-refractivity contribution in [1.82, 2.24) is 15.1 Å². The molecule has 6 nitrogen and oxygen atoms in total. The number of aromatic amines is 1. The SMILES string of the molecule is O=C(O)CC1COCCN1Cc1ccc(-c2ccn[nH]2)s1. The highest BCUT2D eigenvalue weighted by molar-refractivity contribution is 7.15. The lowest BCUT2D eigenvalue weighted by molar-refractivity contribution is -0.140. The topological polar surface area (TPSA) is 78.5 Å². The molecule has 21 heavy (non-hydrogen) atoms. The number of thiophene rings is 1. The monoisotopic (exact) mass is 307 g/mol. The second-order valence-corrected chi connectivity index (χ2v) is 6.20. The average molecular weight is 307 g/mol. The van der Waals surface area contributed by atoms with Gasteiger partial charge in [-0.3, -0.25) is 14.8 Å². The Morgan fingerprint density at radius 2 is 2.43 bits per heavy atom. The predicted octanol–water partition coefficient (Wildman–Crippen LogP) is 1.81. The molecule has 1 aliphatic rings. The lowest BCUT2D eigenvalue weighted by Crippen LogP contribution is -2.45. The lowest BCUT2D eigenvalue weighted by atomic mass is 10.1. The fraction of sp³-hybridized carbons (Fsp3) is 0.429. The number of rotatable bonds is 5. The van der Waals surface area contributed by atoms with E-state index < -0.39 is 5.97 Å². The molecule has 1 unspecified atom stereocenters. The molecule has 2 aromatic rings. The van der Waals surface area contributed by atoms with E-state index in [9.17, 15) is 4.79 Å². The van der Waals surface area contributed by atoms with Gasteiger partial charge in [0.25, 0.3) is 0 Å². The van der Waals surface area contributed by atoms with E-state index in [4.69, 9.17) is 9.84 Å². The van der Waals surface area contributed by atoms with Crippen LogP contribution in [0.5, 0.6) is 0 Å². The maximum Gasteiger partial charge on any atom is 0.305 e. The summed E-state index contributed by atoms with van der Waals surface area (Å²) in [7, 11) is 0. The fourth-order valence-corrected chi connectivity index (χ4v) is 3.50. The van der Waals surface area contributed by atoms with E-state index in [1.807, 2.05) is 6.07 Å². The van der Waals surface area contributed by atoms with Gasteiger partial charge in [-0.25, -0.2) is 0 Å². The fourth-order valence-electron chi connectivity index (χ4n) is 2.49. The Labute approximate surface area is 126 Å². The molecule has 0 radical (unpaired) electrons.